The highest BCUT2D eigenvalue weighted by atomic mass is 19.1. The molecule has 27 heavy (non-hydrogen) atoms. The van der Waals surface area contributed by atoms with Gasteiger partial charge >= 0.3 is 0 Å². The molecule has 2 N–H and O–H groups in total. The lowest BCUT2D eigenvalue weighted by Gasteiger charge is -2.17. The molecule has 1 aliphatic rings. The van der Waals surface area contributed by atoms with Gasteiger partial charge in [0, 0.05) is 11.6 Å². The summed E-state index contributed by atoms with van der Waals surface area (Å²) in [4.78, 5) is 25.9. The number of nitrogens with two attached hydrogens (primary N) is 1. The third-order valence-corrected chi connectivity index (χ3v) is 4.65. The Hall–Kier alpha value is -3.86. The Morgan fingerprint density at radius 3 is 2.41 bits per heavy atom. The molecule has 3 aromatic rings. The summed E-state index contributed by atoms with van der Waals surface area (Å²) in [6.07, 6.45) is 0. The van der Waals surface area contributed by atoms with Crippen molar-refractivity contribution < 1.29 is 9.13 Å². The molecular weight excluding hydrogens is 351 g/mol. The van der Waals surface area contributed by atoms with Gasteiger partial charge in [-0.1, -0.05) is 12.1 Å². The molecule has 0 aliphatic carbocycles. The van der Waals surface area contributed by atoms with E-state index in [-0.39, 0.29) is 33.5 Å². The van der Waals surface area contributed by atoms with Crippen LogP contribution in [0.25, 0.3) is 16.6 Å². The van der Waals surface area contributed by atoms with Gasteiger partial charge in [-0.05, 0) is 24.3 Å². The third-order valence-electron chi connectivity index (χ3n) is 4.65. The van der Waals surface area contributed by atoms with Crippen LogP contribution in [-0.4, -0.2) is 16.5 Å². The Balaban J connectivity index is 2.12. The van der Waals surface area contributed by atoms with Crippen molar-refractivity contribution in [1.82, 2.24) is 9.36 Å². The Kier molecular flexibility index (Phi) is 3.59. The van der Waals surface area contributed by atoms with E-state index in [1.54, 1.807) is 12.1 Å². The van der Waals surface area contributed by atoms with E-state index in [0.717, 1.165) is 15.4 Å². The molecule has 4 rings (SSSR count). The van der Waals surface area contributed by atoms with Crippen LogP contribution >= 0.6 is 0 Å². The number of benzene rings is 2. The number of methoxy groups -OCH3 is 1. The van der Waals surface area contributed by atoms with Crippen LogP contribution in [0.2, 0.25) is 0 Å². The molecule has 0 bridgehead atoms. The van der Waals surface area contributed by atoms with Gasteiger partial charge in [0.1, 0.15) is 35.1 Å². The van der Waals surface area contributed by atoms with Crippen molar-refractivity contribution in [3.05, 3.63) is 80.1 Å². The number of hydrogen-bond donors (Lipinski definition) is 1. The number of allylic oxidation sites excluding steroid dienone is 1. The molecular formula is C19H13FN4O3. The summed E-state index contributed by atoms with van der Waals surface area (Å²) in [7, 11) is 1.40. The maximum atomic E-state index is 14.7. The minimum absolute atomic E-state index is 0.0401. The van der Waals surface area contributed by atoms with Crippen molar-refractivity contribution in [2.45, 2.75) is 6.04 Å². The normalized spacial score (nSPS) is 15.7. The second-order valence-electron chi connectivity index (χ2n) is 6.01. The van der Waals surface area contributed by atoms with Crippen molar-refractivity contribution >= 4 is 16.6 Å². The summed E-state index contributed by atoms with van der Waals surface area (Å²) in [6.45, 7) is 0. The van der Waals surface area contributed by atoms with E-state index in [1.165, 1.54) is 31.4 Å². The average molecular weight is 364 g/mol. The molecule has 0 spiro atoms. The monoisotopic (exact) mass is 364 g/mol. The summed E-state index contributed by atoms with van der Waals surface area (Å²) >= 11 is 0. The molecule has 0 saturated carbocycles. The first-order valence-corrected chi connectivity index (χ1v) is 7.99. The number of nitrogens with zero attached hydrogens (tertiary/aromatic N) is 3. The minimum Gasteiger partial charge on any atom is -0.497 e. The number of hydrogen-bond acceptors (Lipinski definition) is 5. The van der Waals surface area contributed by atoms with Crippen LogP contribution in [0.15, 0.2) is 57.6 Å². The van der Waals surface area contributed by atoms with Crippen LogP contribution < -0.4 is 21.6 Å². The van der Waals surface area contributed by atoms with E-state index in [9.17, 15) is 19.2 Å². The molecule has 0 fully saturated rings. The van der Waals surface area contributed by atoms with E-state index >= 15 is 0 Å². The Morgan fingerprint density at radius 2 is 1.81 bits per heavy atom. The SMILES string of the molecule is COc1ccc([C@@H]2C(C#N)=C(N)n3c(=O)c4ccccc4c(=O)n32)c(F)c1. The van der Waals surface area contributed by atoms with Gasteiger partial charge in [0.05, 0.1) is 17.9 Å². The zero-order chi connectivity index (χ0) is 19.3. The quantitative estimate of drug-likeness (QED) is 0.743. The van der Waals surface area contributed by atoms with Crippen molar-refractivity contribution in [3.63, 3.8) is 0 Å². The lowest BCUT2D eigenvalue weighted by molar-refractivity contribution is 0.409. The Labute approximate surface area is 151 Å². The van der Waals surface area contributed by atoms with Gasteiger partial charge in [-0.25, -0.2) is 9.07 Å². The number of aromatic nitrogens is 2. The van der Waals surface area contributed by atoms with Crippen molar-refractivity contribution in [2.75, 3.05) is 7.11 Å². The number of halogens is 1. The molecule has 0 saturated heterocycles. The standard InChI is InChI=1S/C19H13FN4O3/c1-27-10-6-7-13(15(20)8-10)16-14(9-21)17(22)24-19(26)12-5-3-2-4-11(12)18(25)23(16)24/h2-8,16H,22H2,1H3/t16-/m1/s1. The summed E-state index contributed by atoms with van der Waals surface area (Å²) < 4.78 is 21.7. The predicted molar refractivity (Wildman–Crippen MR) is 96.6 cm³/mol. The highest BCUT2D eigenvalue weighted by molar-refractivity contribution is 5.81. The Morgan fingerprint density at radius 1 is 1.15 bits per heavy atom. The molecule has 8 heteroatoms. The summed E-state index contributed by atoms with van der Waals surface area (Å²) in [5.41, 5.74) is 4.88. The third kappa shape index (κ3) is 2.18. The lowest BCUT2D eigenvalue weighted by atomic mass is 9.99. The fourth-order valence-electron chi connectivity index (χ4n) is 3.38. The molecule has 0 unspecified atom stereocenters. The molecule has 2 heterocycles. The summed E-state index contributed by atoms with van der Waals surface area (Å²) in [6, 6.07) is 11.1. The first kappa shape index (κ1) is 16.6. The lowest BCUT2D eigenvalue weighted by Crippen LogP contribution is -2.38. The predicted octanol–water partition coefficient (Wildman–Crippen LogP) is 1.56. The first-order valence-electron chi connectivity index (χ1n) is 7.99. The van der Waals surface area contributed by atoms with Crippen LogP contribution in [0.4, 0.5) is 4.39 Å². The number of fused-ring (bicyclic) bond motifs is 2. The zero-order valence-electron chi connectivity index (χ0n) is 14.1. The molecule has 1 aliphatic heterocycles. The smallest absolute Gasteiger partial charge is 0.279 e. The van der Waals surface area contributed by atoms with Crippen LogP contribution in [-0.2, 0) is 0 Å². The van der Waals surface area contributed by atoms with Crippen LogP contribution in [0.3, 0.4) is 0 Å². The van der Waals surface area contributed by atoms with Gasteiger partial charge in [0.2, 0.25) is 0 Å². The van der Waals surface area contributed by atoms with Gasteiger partial charge in [0.15, 0.2) is 0 Å². The highest BCUT2D eigenvalue weighted by Crippen LogP contribution is 2.34. The first-order chi connectivity index (χ1) is 13.0. The average Bonchev–Trinajstić information content (AvgIpc) is 2.98. The van der Waals surface area contributed by atoms with Gasteiger partial charge in [0.25, 0.3) is 11.1 Å². The largest absolute Gasteiger partial charge is 0.497 e. The fraction of sp³-hybridized carbons (Fsp3) is 0.105. The topological polar surface area (TPSA) is 103 Å². The van der Waals surface area contributed by atoms with Crippen molar-refractivity contribution in [1.29, 1.82) is 5.26 Å². The van der Waals surface area contributed by atoms with Crippen LogP contribution in [0.5, 0.6) is 5.75 Å². The highest BCUT2D eigenvalue weighted by Gasteiger charge is 2.36. The fourth-order valence-corrected chi connectivity index (χ4v) is 3.38. The van der Waals surface area contributed by atoms with E-state index in [2.05, 4.69) is 0 Å². The number of nitriles is 1. The van der Waals surface area contributed by atoms with E-state index in [4.69, 9.17) is 10.5 Å². The molecule has 0 radical (unpaired) electrons. The van der Waals surface area contributed by atoms with E-state index in [0.29, 0.717) is 0 Å². The van der Waals surface area contributed by atoms with Gasteiger partial charge < -0.3 is 10.5 Å². The van der Waals surface area contributed by atoms with Crippen molar-refractivity contribution in [2.24, 2.45) is 5.73 Å². The number of rotatable bonds is 2. The molecule has 134 valence electrons. The minimum atomic E-state index is -1.15. The maximum absolute atomic E-state index is 14.7. The summed E-state index contributed by atoms with van der Waals surface area (Å²) in [5, 5.41) is 9.93. The molecule has 1 aromatic heterocycles. The molecule has 1 atom stereocenters. The van der Waals surface area contributed by atoms with Gasteiger partial charge in [-0.3, -0.25) is 9.59 Å². The van der Waals surface area contributed by atoms with E-state index in [1.807, 2.05) is 6.07 Å². The number of ether oxygens (including phenoxy) is 1. The Bertz CT molecular complexity index is 1300. The molecule has 0 amide bonds. The van der Waals surface area contributed by atoms with Crippen LogP contribution in [0, 0.1) is 17.1 Å². The molecule has 2 aromatic carbocycles. The second-order valence-corrected chi connectivity index (χ2v) is 6.01. The zero-order valence-corrected chi connectivity index (χ0v) is 14.1. The second kappa shape index (κ2) is 5.85. The maximum Gasteiger partial charge on any atom is 0.279 e. The van der Waals surface area contributed by atoms with Crippen LogP contribution in [0.1, 0.15) is 11.6 Å². The molecule has 7 nitrogen and oxygen atoms in total. The van der Waals surface area contributed by atoms with Gasteiger partial charge in [-0.2, -0.15) is 9.94 Å². The summed E-state index contributed by atoms with van der Waals surface area (Å²) in [5.74, 6) is -0.584. The van der Waals surface area contributed by atoms with Crippen molar-refractivity contribution in [3.8, 4) is 11.8 Å². The van der Waals surface area contributed by atoms with Gasteiger partial charge in [-0.15, -0.1) is 0 Å². The van der Waals surface area contributed by atoms with E-state index < -0.39 is 23.0 Å².